The van der Waals surface area contributed by atoms with Crippen LogP contribution in [0.25, 0.3) is 0 Å². The van der Waals surface area contributed by atoms with Crippen molar-refractivity contribution in [2.24, 2.45) is 0 Å². The van der Waals surface area contributed by atoms with Crippen LogP contribution in [0.15, 0.2) is 30.3 Å². The van der Waals surface area contributed by atoms with Gasteiger partial charge in [-0.2, -0.15) is 0 Å². The molecule has 1 atom stereocenters. The van der Waals surface area contributed by atoms with Crippen molar-refractivity contribution in [3.8, 4) is 0 Å². The van der Waals surface area contributed by atoms with Crippen LogP contribution in [-0.4, -0.2) is 30.2 Å². The van der Waals surface area contributed by atoms with E-state index in [9.17, 15) is 4.79 Å². The van der Waals surface area contributed by atoms with Gasteiger partial charge in [0.1, 0.15) is 0 Å². The van der Waals surface area contributed by atoms with Crippen molar-refractivity contribution >= 4 is 5.91 Å². The van der Waals surface area contributed by atoms with Crippen molar-refractivity contribution in [2.45, 2.75) is 31.3 Å². The molecular weight excluding hydrogens is 228 g/mol. The summed E-state index contributed by atoms with van der Waals surface area (Å²) in [4.78, 5) is 11.6. The van der Waals surface area contributed by atoms with Crippen molar-refractivity contribution in [3.05, 3.63) is 35.9 Å². The van der Waals surface area contributed by atoms with E-state index in [4.69, 9.17) is 5.11 Å². The predicted molar refractivity (Wildman–Crippen MR) is 70.1 cm³/mol. The molecule has 4 nitrogen and oxygen atoms in total. The van der Waals surface area contributed by atoms with Gasteiger partial charge in [0.15, 0.2) is 0 Å². The molecule has 1 aliphatic rings. The number of rotatable bonds is 7. The van der Waals surface area contributed by atoms with E-state index in [1.807, 2.05) is 30.3 Å². The molecule has 1 aromatic carbocycles. The van der Waals surface area contributed by atoms with E-state index < -0.39 is 0 Å². The lowest BCUT2D eigenvalue weighted by Gasteiger charge is -2.18. The molecule has 0 heterocycles. The van der Waals surface area contributed by atoms with Gasteiger partial charge in [0.25, 0.3) is 0 Å². The van der Waals surface area contributed by atoms with Gasteiger partial charge in [0, 0.05) is 18.7 Å². The third-order valence-corrected chi connectivity index (χ3v) is 3.07. The number of carbonyl (C=O) groups is 1. The van der Waals surface area contributed by atoms with E-state index in [1.54, 1.807) is 0 Å². The fourth-order valence-electron chi connectivity index (χ4n) is 1.92. The first-order valence-corrected chi connectivity index (χ1v) is 6.48. The Morgan fingerprint density at radius 2 is 2.06 bits per heavy atom. The number of aliphatic hydroxyl groups is 1. The summed E-state index contributed by atoms with van der Waals surface area (Å²) in [6.07, 6.45) is 2.82. The lowest BCUT2D eigenvalue weighted by molar-refractivity contribution is -0.120. The highest BCUT2D eigenvalue weighted by Gasteiger charge is 2.23. The van der Waals surface area contributed by atoms with Crippen molar-refractivity contribution in [1.82, 2.24) is 10.6 Å². The van der Waals surface area contributed by atoms with E-state index in [1.165, 1.54) is 0 Å². The van der Waals surface area contributed by atoms with Crippen molar-refractivity contribution in [2.75, 3.05) is 13.2 Å². The maximum atomic E-state index is 11.6. The van der Waals surface area contributed by atoms with E-state index in [0.717, 1.165) is 18.4 Å². The minimum atomic E-state index is 0.0288. The minimum absolute atomic E-state index is 0.0288. The fourth-order valence-corrected chi connectivity index (χ4v) is 1.92. The largest absolute Gasteiger partial charge is 0.396 e. The number of aliphatic hydroxyl groups excluding tert-OH is 1. The second-order valence-corrected chi connectivity index (χ2v) is 4.70. The van der Waals surface area contributed by atoms with E-state index in [2.05, 4.69) is 10.6 Å². The van der Waals surface area contributed by atoms with Crippen molar-refractivity contribution < 1.29 is 9.90 Å². The number of benzene rings is 1. The highest BCUT2D eigenvalue weighted by molar-refractivity contribution is 5.78. The molecule has 1 amide bonds. The van der Waals surface area contributed by atoms with Crippen LogP contribution < -0.4 is 10.6 Å². The van der Waals surface area contributed by atoms with Gasteiger partial charge in [-0.15, -0.1) is 0 Å². The number of hydrogen-bond acceptors (Lipinski definition) is 3. The molecule has 1 fully saturated rings. The Hall–Kier alpha value is -1.39. The normalized spacial score (nSPS) is 16.3. The Kier molecular flexibility index (Phi) is 4.73. The van der Waals surface area contributed by atoms with Crippen LogP contribution in [0.3, 0.4) is 0 Å². The number of nitrogens with one attached hydrogen (secondary N) is 2. The van der Waals surface area contributed by atoms with Crippen LogP contribution in [0.4, 0.5) is 0 Å². The topological polar surface area (TPSA) is 61.4 Å². The summed E-state index contributed by atoms with van der Waals surface area (Å²) in [5, 5.41) is 15.2. The Bertz CT molecular complexity index is 377. The van der Waals surface area contributed by atoms with Gasteiger partial charge < -0.3 is 15.7 Å². The molecular formula is C14H20N2O2. The summed E-state index contributed by atoms with van der Waals surface area (Å²) in [5.74, 6) is 0.0383. The molecule has 0 aromatic heterocycles. The first kappa shape index (κ1) is 13.1. The zero-order valence-electron chi connectivity index (χ0n) is 10.4. The Balaban J connectivity index is 1.83. The van der Waals surface area contributed by atoms with Crippen LogP contribution >= 0.6 is 0 Å². The SMILES string of the molecule is O=C(CNC(CCO)c1ccccc1)NC1CC1. The van der Waals surface area contributed by atoms with Gasteiger partial charge >= 0.3 is 0 Å². The molecule has 1 saturated carbocycles. The molecule has 1 aromatic rings. The van der Waals surface area contributed by atoms with Gasteiger partial charge in [0.05, 0.1) is 6.54 Å². The quantitative estimate of drug-likeness (QED) is 0.674. The van der Waals surface area contributed by atoms with Crippen LogP contribution in [0.1, 0.15) is 30.9 Å². The summed E-state index contributed by atoms with van der Waals surface area (Å²) < 4.78 is 0. The highest BCUT2D eigenvalue weighted by atomic mass is 16.3. The van der Waals surface area contributed by atoms with E-state index >= 15 is 0 Å². The molecule has 0 bridgehead atoms. The van der Waals surface area contributed by atoms with Gasteiger partial charge in [0.2, 0.25) is 5.91 Å². The molecule has 1 unspecified atom stereocenters. The van der Waals surface area contributed by atoms with Gasteiger partial charge in [-0.05, 0) is 24.8 Å². The second-order valence-electron chi connectivity index (χ2n) is 4.70. The zero-order valence-corrected chi connectivity index (χ0v) is 10.4. The van der Waals surface area contributed by atoms with Crippen LogP contribution in [0, 0.1) is 0 Å². The Morgan fingerprint density at radius 3 is 2.67 bits per heavy atom. The number of carbonyl (C=O) groups excluding carboxylic acids is 1. The fraction of sp³-hybridized carbons (Fsp3) is 0.500. The van der Waals surface area contributed by atoms with Gasteiger partial charge in [-0.3, -0.25) is 4.79 Å². The number of hydrogen-bond donors (Lipinski definition) is 3. The maximum absolute atomic E-state index is 11.6. The summed E-state index contributed by atoms with van der Waals surface area (Å²) in [5.41, 5.74) is 1.10. The average Bonchev–Trinajstić information content (AvgIpc) is 3.19. The van der Waals surface area contributed by atoms with Crippen molar-refractivity contribution in [3.63, 3.8) is 0 Å². The smallest absolute Gasteiger partial charge is 0.234 e. The Labute approximate surface area is 107 Å². The minimum Gasteiger partial charge on any atom is -0.396 e. The van der Waals surface area contributed by atoms with Crippen LogP contribution in [0.5, 0.6) is 0 Å². The van der Waals surface area contributed by atoms with Crippen molar-refractivity contribution in [1.29, 1.82) is 0 Å². The molecule has 18 heavy (non-hydrogen) atoms. The molecule has 1 aliphatic carbocycles. The first-order valence-electron chi connectivity index (χ1n) is 6.48. The van der Waals surface area contributed by atoms with Gasteiger partial charge in [-0.25, -0.2) is 0 Å². The summed E-state index contributed by atoms with van der Waals surface area (Å²) >= 11 is 0. The summed E-state index contributed by atoms with van der Waals surface area (Å²) in [6.45, 7) is 0.410. The number of amides is 1. The lowest BCUT2D eigenvalue weighted by atomic mass is 10.0. The standard InChI is InChI=1S/C14H20N2O2/c17-9-8-13(11-4-2-1-3-5-11)15-10-14(18)16-12-6-7-12/h1-5,12-13,15,17H,6-10H2,(H,16,18). The van der Waals surface area contributed by atoms with Gasteiger partial charge in [-0.1, -0.05) is 30.3 Å². The Morgan fingerprint density at radius 1 is 1.33 bits per heavy atom. The summed E-state index contributed by atoms with van der Waals surface area (Å²) in [6, 6.07) is 10.3. The molecule has 4 heteroatoms. The average molecular weight is 248 g/mol. The third kappa shape index (κ3) is 4.13. The molecule has 2 rings (SSSR count). The first-order chi connectivity index (χ1) is 8.79. The van der Waals surface area contributed by atoms with E-state index in [0.29, 0.717) is 19.0 Å². The zero-order chi connectivity index (χ0) is 12.8. The second kappa shape index (κ2) is 6.52. The monoisotopic (exact) mass is 248 g/mol. The third-order valence-electron chi connectivity index (χ3n) is 3.07. The highest BCUT2D eigenvalue weighted by Crippen LogP contribution is 2.18. The van der Waals surface area contributed by atoms with Crippen LogP contribution in [-0.2, 0) is 4.79 Å². The summed E-state index contributed by atoms with van der Waals surface area (Å²) in [7, 11) is 0. The molecule has 3 N–H and O–H groups in total. The molecule has 0 spiro atoms. The maximum Gasteiger partial charge on any atom is 0.234 e. The lowest BCUT2D eigenvalue weighted by Crippen LogP contribution is -2.37. The molecule has 0 aliphatic heterocycles. The van der Waals surface area contributed by atoms with E-state index in [-0.39, 0.29) is 18.6 Å². The molecule has 98 valence electrons. The molecule has 0 saturated heterocycles. The molecule has 0 radical (unpaired) electrons. The predicted octanol–water partition coefficient (Wildman–Crippen LogP) is 0.978. The van der Waals surface area contributed by atoms with Crippen LogP contribution in [0.2, 0.25) is 0 Å².